The van der Waals surface area contributed by atoms with Gasteiger partial charge in [-0.05, 0) is 25.0 Å². The van der Waals surface area contributed by atoms with E-state index < -0.39 is 6.10 Å². The number of nitrogens with one attached hydrogen (secondary N) is 1. The molecule has 1 fully saturated rings. The lowest BCUT2D eigenvalue weighted by atomic mass is 10.1. The summed E-state index contributed by atoms with van der Waals surface area (Å²) in [5.41, 5.74) is 0.771. The van der Waals surface area contributed by atoms with E-state index in [0.717, 1.165) is 18.5 Å². The van der Waals surface area contributed by atoms with E-state index in [1.54, 1.807) is 11.9 Å². The first kappa shape index (κ1) is 14.8. The van der Waals surface area contributed by atoms with Gasteiger partial charge in [-0.2, -0.15) is 0 Å². The van der Waals surface area contributed by atoms with Gasteiger partial charge in [-0.15, -0.1) is 0 Å². The smallest absolute Gasteiger partial charge is 0.267 e. The summed E-state index contributed by atoms with van der Waals surface area (Å²) in [6.45, 7) is 1.04. The van der Waals surface area contributed by atoms with Gasteiger partial charge < -0.3 is 19.7 Å². The molecule has 22 heavy (non-hydrogen) atoms. The number of para-hydroxylation sites is 2. The van der Waals surface area contributed by atoms with Crippen molar-refractivity contribution >= 4 is 17.5 Å². The highest BCUT2D eigenvalue weighted by atomic mass is 16.5. The van der Waals surface area contributed by atoms with Crippen molar-refractivity contribution in [3.8, 4) is 5.75 Å². The summed E-state index contributed by atoms with van der Waals surface area (Å²) in [5.74, 6) is 0.500. The van der Waals surface area contributed by atoms with Crippen LogP contribution in [0.5, 0.6) is 5.75 Å². The summed E-state index contributed by atoms with van der Waals surface area (Å²) in [6, 6.07) is 7.44. The van der Waals surface area contributed by atoms with Crippen molar-refractivity contribution in [2.45, 2.75) is 31.5 Å². The predicted octanol–water partition coefficient (Wildman–Crippen LogP) is 1.10. The zero-order chi connectivity index (χ0) is 15.5. The number of rotatable bonds is 4. The summed E-state index contributed by atoms with van der Waals surface area (Å²) in [7, 11) is 1.74. The molecule has 1 aromatic carbocycles. The molecule has 0 aromatic heterocycles. The van der Waals surface area contributed by atoms with E-state index in [9.17, 15) is 9.59 Å². The second kappa shape index (κ2) is 6.36. The van der Waals surface area contributed by atoms with Gasteiger partial charge in [0.1, 0.15) is 11.9 Å². The fourth-order valence-electron chi connectivity index (χ4n) is 2.78. The van der Waals surface area contributed by atoms with E-state index >= 15 is 0 Å². The molecule has 1 aromatic rings. The van der Waals surface area contributed by atoms with Gasteiger partial charge in [-0.25, -0.2) is 0 Å². The lowest BCUT2D eigenvalue weighted by molar-refractivity contribution is -0.131. The van der Waals surface area contributed by atoms with E-state index in [1.807, 2.05) is 24.3 Å². The van der Waals surface area contributed by atoms with Crippen LogP contribution in [0.25, 0.3) is 0 Å². The Morgan fingerprint density at radius 2 is 2.23 bits per heavy atom. The fraction of sp³-hybridized carbons (Fsp3) is 0.500. The SMILES string of the molecule is CN1C(=O)C(CCNC(=O)C2CCCO2)Oc2ccccc21. The first-order valence-corrected chi connectivity index (χ1v) is 7.59. The molecule has 2 heterocycles. The molecular weight excluding hydrogens is 284 g/mol. The Bertz CT molecular complexity index is 569. The molecule has 2 atom stereocenters. The maximum absolute atomic E-state index is 12.3. The Hall–Kier alpha value is -2.08. The number of benzene rings is 1. The number of nitrogens with zero attached hydrogens (tertiary/aromatic N) is 1. The van der Waals surface area contributed by atoms with Crippen LogP contribution in [0.3, 0.4) is 0 Å². The Balaban J connectivity index is 1.55. The zero-order valence-corrected chi connectivity index (χ0v) is 12.6. The predicted molar refractivity (Wildman–Crippen MR) is 80.9 cm³/mol. The first-order chi connectivity index (χ1) is 10.7. The number of anilines is 1. The van der Waals surface area contributed by atoms with Crippen molar-refractivity contribution in [2.24, 2.45) is 0 Å². The van der Waals surface area contributed by atoms with Gasteiger partial charge in [0.15, 0.2) is 6.10 Å². The molecule has 1 N–H and O–H groups in total. The lowest BCUT2D eigenvalue weighted by Gasteiger charge is -2.32. The largest absolute Gasteiger partial charge is 0.478 e. The third kappa shape index (κ3) is 2.92. The van der Waals surface area contributed by atoms with E-state index in [1.165, 1.54) is 0 Å². The summed E-state index contributed by atoms with van der Waals surface area (Å²) >= 11 is 0. The molecule has 0 bridgehead atoms. The average Bonchev–Trinajstić information content (AvgIpc) is 3.06. The number of hydrogen-bond acceptors (Lipinski definition) is 4. The molecular formula is C16H20N2O4. The minimum Gasteiger partial charge on any atom is -0.478 e. The minimum absolute atomic E-state index is 0.0925. The number of likely N-dealkylation sites (N-methyl/N-ethyl adjacent to an activating group) is 1. The zero-order valence-electron chi connectivity index (χ0n) is 12.6. The Labute approximate surface area is 129 Å². The van der Waals surface area contributed by atoms with E-state index in [4.69, 9.17) is 9.47 Å². The van der Waals surface area contributed by atoms with Crippen LogP contribution in [0, 0.1) is 0 Å². The van der Waals surface area contributed by atoms with E-state index in [-0.39, 0.29) is 17.9 Å². The summed E-state index contributed by atoms with van der Waals surface area (Å²) in [6.07, 6.45) is 1.22. The summed E-state index contributed by atoms with van der Waals surface area (Å²) in [4.78, 5) is 25.7. The molecule has 6 heteroatoms. The molecule has 2 aliphatic heterocycles. The summed E-state index contributed by atoms with van der Waals surface area (Å²) < 4.78 is 11.1. The highest BCUT2D eigenvalue weighted by Crippen LogP contribution is 2.33. The van der Waals surface area contributed by atoms with Gasteiger partial charge in [0, 0.05) is 26.6 Å². The molecule has 118 valence electrons. The average molecular weight is 304 g/mol. The van der Waals surface area contributed by atoms with Crippen LogP contribution in [-0.2, 0) is 14.3 Å². The first-order valence-electron chi connectivity index (χ1n) is 7.59. The van der Waals surface area contributed by atoms with Crippen molar-refractivity contribution < 1.29 is 19.1 Å². The number of carbonyl (C=O) groups excluding carboxylic acids is 2. The molecule has 0 saturated carbocycles. The number of ether oxygens (including phenoxy) is 2. The molecule has 0 radical (unpaired) electrons. The number of amides is 2. The van der Waals surface area contributed by atoms with Crippen molar-refractivity contribution in [3.63, 3.8) is 0 Å². The topological polar surface area (TPSA) is 67.9 Å². The quantitative estimate of drug-likeness (QED) is 0.904. The molecule has 2 aliphatic rings. The van der Waals surface area contributed by atoms with Crippen molar-refractivity contribution in [2.75, 3.05) is 25.1 Å². The monoisotopic (exact) mass is 304 g/mol. The van der Waals surface area contributed by atoms with Crippen LogP contribution in [0.2, 0.25) is 0 Å². The molecule has 2 amide bonds. The second-order valence-electron chi connectivity index (χ2n) is 5.55. The maximum Gasteiger partial charge on any atom is 0.267 e. The fourth-order valence-corrected chi connectivity index (χ4v) is 2.78. The van der Waals surface area contributed by atoms with Crippen LogP contribution in [0.15, 0.2) is 24.3 Å². The van der Waals surface area contributed by atoms with Crippen molar-refractivity contribution in [1.29, 1.82) is 0 Å². The molecule has 3 rings (SSSR count). The van der Waals surface area contributed by atoms with Crippen molar-refractivity contribution in [1.82, 2.24) is 5.32 Å². The Morgan fingerprint density at radius 1 is 1.41 bits per heavy atom. The van der Waals surface area contributed by atoms with Gasteiger partial charge in [0.25, 0.3) is 5.91 Å². The third-order valence-electron chi connectivity index (χ3n) is 4.03. The molecule has 0 aliphatic carbocycles. The third-order valence-corrected chi connectivity index (χ3v) is 4.03. The van der Waals surface area contributed by atoms with Crippen LogP contribution >= 0.6 is 0 Å². The standard InChI is InChI=1S/C16H20N2O4/c1-18-11-5-2-3-6-12(11)22-14(16(18)20)8-9-17-15(19)13-7-4-10-21-13/h2-3,5-6,13-14H,4,7-10H2,1H3,(H,17,19). The van der Waals surface area contributed by atoms with E-state index in [2.05, 4.69) is 5.32 Å². The number of fused-ring (bicyclic) bond motifs is 1. The van der Waals surface area contributed by atoms with Crippen LogP contribution in [0.4, 0.5) is 5.69 Å². The number of hydrogen-bond donors (Lipinski definition) is 1. The van der Waals surface area contributed by atoms with Crippen LogP contribution in [0.1, 0.15) is 19.3 Å². The van der Waals surface area contributed by atoms with Gasteiger partial charge >= 0.3 is 0 Å². The Morgan fingerprint density at radius 3 is 3.00 bits per heavy atom. The van der Waals surface area contributed by atoms with Gasteiger partial charge in [-0.3, -0.25) is 9.59 Å². The maximum atomic E-state index is 12.3. The Kier molecular flexibility index (Phi) is 4.29. The number of carbonyl (C=O) groups is 2. The van der Waals surface area contributed by atoms with Crippen LogP contribution in [-0.4, -0.2) is 44.2 Å². The molecule has 1 saturated heterocycles. The van der Waals surface area contributed by atoms with E-state index in [0.29, 0.717) is 25.3 Å². The van der Waals surface area contributed by atoms with Crippen molar-refractivity contribution in [3.05, 3.63) is 24.3 Å². The second-order valence-corrected chi connectivity index (χ2v) is 5.55. The minimum atomic E-state index is -0.565. The lowest BCUT2D eigenvalue weighted by Crippen LogP contribution is -2.45. The van der Waals surface area contributed by atoms with Crippen LogP contribution < -0.4 is 15.0 Å². The highest BCUT2D eigenvalue weighted by molar-refractivity contribution is 5.99. The van der Waals surface area contributed by atoms with Gasteiger partial charge in [-0.1, -0.05) is 12.1 Å². The van der Waals surface area contributed by atoms with Gasteiger partial charge in [0.2, 0.25) is 5.91 Å². The molecule has 0 spiro atoms. The normalized spacial score (nSPS) is 23.9. The molecule has 2 unspecified atom stereocenters. The molecule has 6 nitrogen and oxygen atoms in total. The van der Waals surface area contributed by atoms with Gasteiger partial charge in [0.05, 0.1) is 5.69 Å². The highest BCUT2D eigenvalue weighted by Gasteiger charge is 2.32. The summed E-state index contributed by atoms with van der Waals surface area (Å²) in [5, 5.41) is 2.82.